The van der Waals surface area contributed by atoms with E-state index in [4.69, 9.17) is 28.9 Å². The smallest absolute Gasteiger partial charge is 0.408 e. The van der Waals surface area contributed by atoms with Crippen molar-refractivity contribution in [1.29, 1.82) is 0 Å². The van der Waals surface area contributed by atoms with E-state index < -0.39 is 41.1 Å². The summed E-state index contributed by atoms with van der Waals surface area (Å²) in [6.45, 7) is 7.48. The number of benzene rings is 1. The maximum absolute atomic E-state index is 14.1. The summed E-state index contributed by atoms with van der Waals surface area (Å²) in [5.41, 5.74) is 0.169. The van der Waals surface area contributed by atoms with Crippen LogP contribution in [-0.4, -0.2) is 77.4 Å². The number of carbonyl (C=O) groups excluding carboxylic acids is 3. The van der Waals surface area contributed by atoms with Crippen LogP contribution in [0.15, 0.2) is 24.3 Å². The molecule has 1 saturated carbocycles. The first kappa shape index (κ1) is 29.6. The van der Waals surface area contributed by atoms with Crippen LogP contribution < -0.4 is 14.8 Å². The van der Waals surface area contributed by atoms with Gasteiger partial charge in [-0.2, -0.15) is 0 Å². The number of carbonyl (C=O) groups is 3. The number of esters is 1. The van der Waals surface area contributed by atoms with Gasteiger partial charge in [0.2, 0.25) is 11.8 Å². The number of hydrogen-bond donors (Lipinski definition) is 1. The number of fused-ring (bicyclic) bond motifs is 5. The van der Waals surface area contributed by atoms with Gasteiger partial charge in [0, 0.05) is 12.5 Å². The van der Waals surface area contributed by atoms with E-state index in [9.17, 15) is 14.4 Å². The first-order valence-corrected chi connectivity index (χ1v) is 14.5. The van der Waals surface area contributed by atoms with Gasteiger partial charge in [-0.15, -0.1) is 0 Å². The summed E-state index contributed by atoms with van der Waals surface area (Å²) in [7, 11) is 2.88. The van der Waals surface area contributed by atoms with Gasteiger partial charge >= 0.3 is 12.1 Å². The third-order valence-corrected chi connectivity index (χ3v) is 8.18. The van der Waals surface area contributed by atoms with Crippen molar-refractivity contribution in [2.75, 3.05) is 20.8 Å². The lowest BCUT2D eigenvalue weighted by molar-refractivity contribution is -0.152. The van der Waals surface area contributed by atoms with E-state index in [-0.39, 0.29) is 19.1 Å². The van der Waals surface area contributed by atoms with Crippen molar-refractivity contribution in [1.82, 2.24) is 20.2 Å². The molecule has 0 radical (unpaired) electrons. The molecule has 5 rings (SSSR count). The number of aromatic nitrogens is 2. The van der Waals surface area contributed by atoms with E-state index in [1.54, 1.807) is 13.2 Å². The predicted octanol–water partition coefficient (Wildman–Crippen LogP) is 4.28. The van der Waals surface area contributed by atoms with Crippen molar-refractivity contribution >= 4 is 35.1 Å². The number of methoxy groups -OCH3 is 2. The normalized spacial score (nSPS) is 28.4. The molecule has 5 atom stereocenters. The molecule has 226 valence electrons. The Bertz CT molecular complexity index is 1400. The molecular formula is C31H40N4O7. The number of rotatable bonds is 2. The van der Waals surface area contributed by atoms with Gasteiger partial charge in [0.1, 0.15) is 35.2 Å². The fourth-order valence-electron chi connectivity index (χ4n) is 5.75. The van der Waals surface area contributed by atoms with Crippen LogP contribution in [0.5, 0.6) is 11.6 Å². The molecule has 1 N–H and O–H groups in total. The average Bonchev–Trinajstić information content (AvgIpc) is 3.58. The molecule has 2 aromatic rings. The van der Waals surface area contributed by atoms with Crippen LogP contribution in [0, 0.1) is 11.3 Å². The highest BCUT2D eigenvalue weighted by Crippen LogP contribution is 2.39. The van der Waals surface area contributed by atoms with Crippen LogP contribution in [0.4, 0.5) is 4.79 Å². The lowest BCUT2D eigenvalue weighted by Crippen LogP contribution is -2.57. The van der Waals surface area contributed by atoms with Crippen LogP contribution in [0.1, 0.15) is 65.5 Å². The largest absolute Gasteiger partial charge is 0.497 e. The first-order valence-electron chi connectivity index (χ1n) is 14.5. The molecule has 2 amide bonds. The molecule has 1 aliphatic carbocycles. The highest BCUT2D eigenvalue weighted by Gasteiger charge is 2.52. The molecular weight excluding hydrogens is 540 g/mol. The molecule has 3 heterocycles. The zero-order valence-electron chi connectivity index (χ0n) is 25.1. The third kappa shape index (κ3) is 6.29. The lowest BCUT2D eigenvalue weighted by atomic mass is 9.85. The first-order chi connectivity index (χ1) is 19.9. The summed E-state index contributed by atoms with van der Waals surface area (Å²) in [6.07, 6.45) is 6.77. The minimum Gasteiger partial charge on any atom is -0.497 e. The van der Waals surface area contributed by atoms with E-state index in [0.29, 0.717) is 34.3 Å². The van der Waals surface area contributed by atoms with Crippen LogP contribution in [-0.2, 0) is 19.1 Å². The SMILES string of the molecule is COC(=O)C1CC2(C)CN1C(=O)C(C(C)(C)C)NC(=O)OC1CC1CCCC=Cc1nc3ccc(OC)cc3nc1O2. The molecule has 2 aliphatic heterocycles. The van der Waals surface area contributed by atoms with Gasteiger partial charge in [0.25, 0.3) is 0 Å². The molecule has 2 bridgehead atoms. The van der Waals surface area contributed by atoms with Crippen molar-refractivity contribution in [2.45, 2.75) is 83.6 Å². The Morgan fingerprint density at radius 3 is 2.67 bits per heavy atom. The van der Waals surface area contributed by atoms with Gasteiger partial charge in [0.05, 0.1) is 31.8 Å². The summed E-state index contributed by atoms with van der Waals surface area (Å²) in [6, 6.07) is 3.60. The molecule has 5 unspecified atom stereocenters. The van der Waals surface area contributed by atoms with Gasteiger partial charge < -0.3 is 29.2 Å². The minimum atomic E-state index is -1.01. The van der Waals surface area contributed by atoms with E-state index in [1.807, 2.05) is 52.0 Å². The molecule has 1 aromatic heterocycles. The summed E-state index contributed by atoms with van der Waals surface area (Å²) in [5, 5.41) is 2.80. The van der Waals surface area contributed by atoms with Gasteiger partial charge in [-0.1, -0.05) is 26.8 Å². The van der Waals surface area contributed by atoms with Crippen molar-refractivity contribution in [3.8, 4) is 11.6 Å². The maximum Gasteiger partial charge on any atom is 0.408 e. The highest BCUT2D eigenvalue weighted by molar-refractivity contribution is 5.91. The van der Waals surface area contributed by atoms with Gasteiger partial charge in [0.15, 0.2) is 0 Å². The van der Waals surface area contributed by atoms with E-state index in [1.165, 1.54) is 12.0 Å². The predicted molar refractivity (Wildman–Crippen MR) is 155 cm³/mol. The Labute approximate surface area is 245 Å². The Morgan fingerprint density at radius 1 is 1.17 bits per heavy atom. The summed E-state index contributed by atoms with van der Waals surface area (Å²) >= 11 is 0. The molecule has 11 heteroatoms. The molecule has 3 aliphatic rings. The number of amides is 2. The second-order valence-electron chi connectivity index (χ2n) is 12.7. The minimum absolute atomic E-state index is 0.0700. The standard InChI is InChI=1S/C31H40N4O7/c1-30(2,3)25-27(36)35-17-31(4,16-23(35)28(37)40-6)42-26-21(32-20-13-12-19(39-5)15-22(20)33-26)11-9-7-8-10-18-14-24(18)41-29(38)34-25/h9,11-13,15,18,23-25H,7-8,10,14,16-17H2,1-6H3,(H,34,38). The molecule has 2 fully saturated rings. The van der Waals surface area contributed by atoms with Gasteiger partial charge in [-0.05, 0) is 62.1 Å². The Hall–Kier alpha value is -3.89. The van der Waals surface area contributed by atoms with Gasteiger partial charge in [-0.25, -0.2) is 19.6 Å². The molecule has 0 spiro atoms. The second kappa shape index (κ2) is 11.4. The second-order valence-corrected chi connectivity index (χ2v) is 12.7. The van der Waals surface area contributed by atoms with Crippen LogP contribution in [0.2, 0.25) is 0 Å². The van der Waals surface area contributed by atoms with Crippen molar-refractivity contribution in [3.05, 3.63) is 30.0 Å². The van der Waals surface area contributed by atoms with Crippen LogP contribution >= 0.6 is 0 Å². The summed E-state index contributed by atoms with van der Waals surface area (Å²) in [4.78, 5) is 51.0. The molecule has 42 heavy (non-hydrogen) atoms. The number of ether oxygens (including phenoxy) is 4. The maximum atomic E-state index is 14.1. The van der Waals surface area contributed by atoms with E-state index in [2.05, 4.69) is 5.32 Å². The number of nitrogens with one attached hydrogen (secondary N) is 1. The monoisotopic (exact) mass is 580 g/mol. The van der Waals surface area contributed by atoms with E-state index in [0.717, 1.165) is 25.7 Å². The summed E-state index contributed by atoms with van der Waals surface area (Å²) in [5.74, 6) is 0.255. The highest BCUT2D eigenvalue weighted by atomic mass is 16.6. The molecule has 1 saturated heterocycles. The Morgan fingerprint density at radius 2 is 1.95 bits per heavy atom. The lowest BCUT2D eigenvalue weighted by Gasteiger charge is -2.35. The van der Waals surface area contributed by atoms with Crippen molar-refractivity contribution in [2.24, 2.45) is 11.3 Å². The van der Waals surface area contributed by atoms with Crippen LogP contribution in [0.3, 0.4) is 0 Å². The topological polar surface area (TPSA) is 129 Å². The van der Waals surface area contributed by atoms with Crippen molar-refractivity contribution in [3.63, 3.8) is 0 Å². The van der Waals surface area contributed by atoms with Gasteiger partial charge in [-0.3, -0.25) is 4.79 Å². The summed E-state index contributed by atoms with van der Waals surface area (Å²) < 4.78 is 22.7. The number of alkyl carbamates (subject to hydrolysis) is 1. The Balaban J connectivity index is 1.55. The number of nitrogens with zero attached hydrogens (tertiary/aromatic N) is 3. The number of hydrogen-bond acceptors (Lipinski definition) is 9. The fraction of sp³-hybridized carbons (Fsp3) is 0.581. The average molecular weight is 581 g/mol. The number of allylic oxidation sites excluding steroid dienone is 1. The zero-order valence-corrected chi connectivity index (χ0v) is 25.1. The zero-order chi connectivity index (χ0) is 30.2. The van der Waals surface area contributed by atoms with Crippen LogP contribution in [0.25, 0.3) is 17.1 Å². The van der Waals surface area contributed by atoms with Crippen molar-refractivity contribution < 1.29 is 33.3 Å². The fourth-order valence-corrected chi connectivity index (χ4v) is 5.75. The molecule has 11 nitrogen and oxygen atoms in total. The quantitative estimate of drug-likeness (QED) is 0.518. The van der Waals surface area contributed by atoms with E-state index >= 15 is 0 Å². The third-order valence-electron chi connectivity index (χ3n) is 8.18. The molecule has 1 aromatic carbocycles. The Kier molecular flexibility index (Phi) is 8.04.